The fourth-order valence-electron chi connectivity index (χ4n) is 1.84. The fraction of sp³-hybridized carbons (Fsp3) is 0.286. The molecule has 106 valence electrons. The van der Waals surface area contributed by atoms with E-state index in [-0.39, 0.29) is 5.56 Å². The molecule has 0 saturated heterocycles. The van der Waals surface area contributed by atoms with Gasteiger partial charge in [-0.1, -0.05) is 6.92 Å². The van der Waals surface area contributed by atoms with E-state index in [1.54, 1.807) is 10.7 Å². The predicted molar refractivity (Wildman–Crippen MR) is 74.7 cm³/mol. The quantitative estimate of drug-likeness (QED) is 0.812. The Bertz CT molecular complexity index is 635. The molecule has 0 radical (unpaired) electrons. The number of aromatic carboxylic acids is 1. The molecule has 20 heavy (non-hydrogen) atoms. The number of ether oxygens (including phenoxy) is 1. The zero-order chi connectivity index (χ0) is 14.7. The Labute approximate surface area is 116 Å². The van der Waals surface area contributed by atoms with Gasteiger partial charge in [0.15, 0.2) is 0 Å². The average Bonchev–Trinajstić information content (AvgIpc) is 2.78. The summed E-state index contributed by atoms with van der Waals surface area (Å²) in [7, 11) is 1.86. The van der Waals surface area contributed by atoms with E-state index in [0.717, 1.165) is 17.8 Å². The first-order valence-corrected chi connectivity index (χ1v) is 6.28. The second-order valence-electron chi connectivity index (χ2n) is 4.45. The molecule has 0 spiro atoms. The summed E-state index contributed by atoms with van der Waals surface area (Å²) in [6.07, 6.45) is 0.864. The van der Waals surface area contributed by atoms with Gasteiger partial charge >= 0.3 is 5.97 Å². The van der Waals surface area contributed by atoms with E-state index in [9.17, 15) is 4.79 Å². The van der Waals surface area contributed by atoms with Crippen molar-refractivity contribution in [3.8, 4) is 5.75 Å². The molecule has 0 aliphatic carbocycles. The minimum Gasteiger partial charge on any atom is -0.485 e. The highest BCUT2D eigenvalue weighted by molar-refractivity contribution is 5.89. The largest absolute Gasteiger partial charge is 0.485 e. The number of hydrogen-bond donors (Lipinski definition) is 2. The topological polar surface area (TPSA) is 90.4 Å². The minimum absolute atomic E-state index is 0.142. The molecule has 1 heterocycles. The lowest BCUT2D eigenvalue weighted by Crippen LogP contribution is -2.05. The summed E-state index contributed by atoms with van der Waals surface area (Å²) in [5.74, 6) is -0.545. The molecular formula is C14H17N3O3. The lowest BCUT2D eigenvalue weighted by atomic mass is 10.2. The standard InChI is InChI=1S/C14H17N3O3/c1-3-10-7-11(17(2)16-10)8-20-13-5-4-9(14(18)19)6-12(13)15/h4-7H,3,8,15H2,1-2H3,(H,18,19). The lowest BCUT2D eigenvalue weighted by Gasteiger charge is -2.09. The van der Waals surface area contributed by atoms with Gasteiger partial charge in [0.1, 0.15) is 12.4 Å². The number of nitrogens with two attached hydrogens (primary N) is 1. The van der Waals surface area contributed by atoms with E-state index >= 15 is 0 Å². The van der Waals surface area contributed by atoms with E-state index in [0.29, 0.717) is 18.0 Å². The SMILES string of the molecule is CCc1cc(COc2ccc(C(=O)O)cc2N)n(C)n1. The van der Waals surface area contributed by atoms with Crippen LogP contribution in [0.25, 0.3) is 0 Å². The van der Waals surface area contributed by atoms with Gasteiger partial charge in [-0.3, -0.25) is 4.68 Å². The maximum atomic E-state index is 10.8. The van der Waals surface area contributed by atoms with Crippen LogP contribution in [0.2, 0.25) is 0 Å². The van der Waals surface area contributed by atoms with Crippen LogP contribution in [0.15, 0.2) is 24.3 Å². The van der Waals surface area contributed by atoms with Crippen molar-refractivity contribution in [2.75, 3.05) is 5.73 Å². The highest BCUT2D eigenvalue weighted by Crippen LogP contribution is 2.23. The van der Waals surface area contributed by atoms with Gasteiger partial charge in [-0.2, -0.15) is 5.10 Å². The summed E-state index contributed by atoms with van der Waals surface area (Å²) >= 11 is 0. The Morgan fingerprint density at radius 3 is 2.75 bits per heavy atom. The first kappa shape index (κ1) is 13.9. The third-order valence-corrected chi connectivity index (χ3v) is 3.02. The van der Waals surface area contributed by atoms with Crippen molar-refractivity contribution >= 4 is 11.7 Å². The van der Waals surface area contributed by atoms with Gasteiger partial charge in [-0.25, -0.2) is 4.79 Å². The number of aromatic nitrogens is 2. The maximum absolute atomic E-state index is 10.8. The number of nitrogen functional groups attached to an aromatic ring is 1. The van der Waals surface area contributed by atoms with Crippen molar-refractivity contribution in [3.05, 3.63) is 41.2 Å². The number of anilines is 1. The van der Waals surface area contributed by atoms with Crippen molar-refractivity contribution in [2.45, 2.75) is 20.0 Å². The zero-order valence-corrected chi connectivity index (χ0v) is 11.5. The second-order valence-corrected chi connectivity index (χ2v) is 4.45. The Kier molecular flexibility index (Phi) is 3.93. The normalized spacial score (nSPS) is 10.5. The molecule has 0 aliphatic rings. The molecule has 2 aromatic rings. The average molecular weight is 275 g/mol. The predicted octanol–water partition coefficient (Wildman–Crippen LogP) is 1.84. The Morgan fingerprint density at radius 1 is 1.45 bits per heavy atom. The first-order chi connectivity index (χ1) is 9.51. The van der Waals surface area contributed by atoms with Crippen molar-refractivity contribution in [1.29, 1.82) is 0 Å². The highest BCUT2D eigenvalue weighted by atomic mass is 16.5. The molecule has 6 nitrogen and oxygen atoms in total. The molecule has 6 heteroatoms. The number of carboxylic acids is 1. The molecule has 0 amide bonds. The van der Waals surface area contributed by atoms with Crippen LogP contribution in [0.5, 0.6) is 5.75 Å². The van der Waals surface area contributed by atoms with E-state index in [1.165, 1.54) is 12.1 Å². The molecule has 0 unspecified atom stereocenters. The highest BCUT2D eigenvalue weighted by Gasteiger charge is 2.09. The molecule has 0 saturated carbocycles. The van der Waals surface area contributed by atoms with Crippen molar-refractivity contribution in [1.82, 2.24) is 9.78 Å². The Morgan fingerprint density at radius 2 is 2.20 bits per heavy atom. The van der Waals surface area contributed by atoms with Gasteiger partial charge in [0.05, 0.1) is 22.6 Å². The molecule has 0 aliphatic heterocycles. The maximum Gasteiger partial charge on any atom is 0.335 e. The summed E-state index contributed by atoms with van der Waals surface area (Å²) < 4.78 is 7.38. The molecule has 1 aromatic heterocycles. The second kappa shape index (κ2) is 5.64. The smallest absolute Gasteiger partial charge is 0.335 e. The molecule has 0 fully saturated rings. The van der Waals surface area contributed by atoms with Gasteiger partial charge in [0, 0.05) is 7.05 Å². The van der Waals surface area contributed by atoms with E-state index in [4.69, 9.17) is 15.6 Å². The molecule has 0 bridgehead atoms. The Hall–Kier alpha value is -2.50. The van der Waals surface area contributed by atoms with Gasteiger partial charge in [-0.15, -0.1) is 0 Å². The zero-order valence-electron chi connectivity index (χ0n) is 11.5. The summed E-state index contributed by atoms with van der Waals surface area (Å²) in [6.45, 7) is 2.37. The van der Waals surface area contributed by atoms with E-state index in [2.05, 4.69) is 5.10 Å². The number of nitrogens with zero attached hydrogens (tertiary/aromatic N) is 2. The number of rotatable bonds is 5. The minimum atomic E-state index is -1.01. The summed E-state index contributed by atoms with van der Waals surface area (Å²) in [5, 5.41) is 13.2. The van der Waals surface area contributed by atoms with Crippen LogP contribution in [-0.2, 0) is 20.1 Å². The van der Waals surface area contributed by atoms with Crippen LogP contribution in [0.3, 0.4) is 0 Å². The van der Waals surface area contributed by atoms with Crippen molar-refractivity contribution in [2.24, 2.45) is 7.05 Å². The fourth-order valence-corrected chi connectivity index (χ4v) is 1.84. The molecule has 2 rings (SSSR count). The van der Waals surface area contributed by atoms with Crippen LogP contribution in [0, 0.1) is 0 Å². The summed E-state index contributed by atoms with van der Waals surface area (Å²) in [5.41, 5.74) is 8.17. The molecule has 3 N–H and O–H groups in total. The molecule has 1 aromatic carbocycles. The number of benzene rings is 1. The van der Waals surface area contributed by atoms with Gasteiger partial charge < -0.3 is 15.6 Å². The Balaban J connectivity index is 2.10. The molecular weight excluding hydrogens is 258 g/mol. The van der Waals surface area contributed by atoms with Gasteiger partial charge in [0.2, 0.25) is 0 Å². The number of carbonyl (C=O) groups is 1. The van der Waals surface area contributed by atoms with Crippen LogP contribution in [0.1, 0.15) is 28.7 Å². The third-order valence-electron chi connectivity index (χ3n) is 3.02. The first-order valence-electron chi connectivity index (χ1n) is 6.28. The lowest BCUT2D eigenvalue weighted by molar-refractivity contribution is 0.0697. The van der Waals surface area contributed by atoms with Crippen LogP contribution >= 0.6 is 0 Å². The third kappa shape index (κ3) is 2.90. The number of carboxylic acid groups (broad SMARTS) is 1. The van der Waals surface area contributed by atoms with Gasteiger partial charge in [-0.05, 0) is 30.7 Å². The summed E-state index contributed by atoms with van der Waals surface area (Å²) in [4.78, 5) is 10.8. The van der Waals surface area contributed by atoms with Crippen LogP contribution in [-0.4, -0.2) is 20.9 Å². The van der Waals surface area contributed by atoms with Crippen molar-refractivity contribution < 1.29 is 14.6 Å². The number of aryl methyl sites for hydroxylation is 2. The molecule has 0 atom stereocenters. The monoisotopic (exact) mass is 275 g/mol. The number of hydrogen-bond acceptors (Lipinski definition) is 4. The van der Waals surface area contributed by atoms with Crippen LogP contribution in [0.4, 0.5) is 5.69 Å². The van der Waals surface area contributed by atoms with Gasteiger partial charge in [0.25, 0.3) is 0 Å². The van der Waals surface area contributed by atoms with Crippen LogP contribution < -0.4 is 10.5 Å². The van der Waals surface area contributed by atoms with E-state index < -0.39 is 5.97 Å². The van der Waals surface area contributed by atoms with Crippen molar-refractivity contribution in [3.63, 3.8) is 0 Å². The van der Waals surface area contributed by atoms with E-state index in [1.807, 2.05) is 20.0 Å². The summed E-state index contributed by atoms with van der Waals surface area (Å²) in [6, 6.07) is 6.39.